The summed E-state index contributed by atoms with van der Waals surface area (Å²) in [5, 5.41) is 0. The van der Waals surface area contributed by atoms with Crippen molar-refractivity contribution in [2.24, 2.45) is 5.73 Å². The monoisotopic (exact) mass is 250 g/mol. The Morgan fingerprint density at radius 2 is 1.69 bits per heavy atom. The Kier molecular flexibility index (Phi) is 8.89. The number of hydrogen-bond donors (Lipinski definition) is 1. The highest BCUT2D eigenvalue weighted by molar-refractivity contribution is 7.91. The van der Waals surface area contributed by atoms with Crippen LogP contribution in [0.4, 0.5) is 0 Å². The van der Waals surface area contributed by atoms with Gasteiger partial charge in [0.25, 0.3) is 0 Å². The van der Waals surface area contributed by atoms with Crippen molar-refractivity contribution < 1.29 is 8.42 Å². The summed E-state index contributed by atoms with van der Waals surface area (Å²) in [6, 6.07) is 0. The molecular formula is C11H26N2O2S. The lowest BCUT2D eigenvalue weighted by molar-refractivity contribution is 0.292. The van der Waals surface area contributed by atoms with Crippen LogP contribution in [0.1, 0.15) is 33.1 Å². The SMILES string of the molecule is CCCCN(CCN)CCS(=O)(=O)CCC. The van der Waals surface area contributed by atoms with Crippen molar-refractivity contribution in [2.45, 2.75) is 33.1 Å². The zero-order valence-electron chi connectivity index (χ0n) is 10.6. The van der Waals surface area contributed by atoms with E-state index >= 15 is 0 Å². The zero-order chi connectivity index (χ0) is 12.4. The van der Waals surface area contributed by atoms with Gasteiger partial charge in [0, 0.05) is 25.4 Å². The molecule has 0 heterocycles. The molecule has 0 aromatic carbocycles. The van der Waals surface area contributed by atoms with Gasteiger partial charge in [-0.3, -0.25) is 0 Å². The molecule has 0 atom stereocenters. The van der Waals surface area contributed by atoms with Crippen molar-refractivity contribution in [3.63, 3.8) is 0 Å². The molecule has 0 fully saturated rings. The predicted octanol–water partition coefficient (Wildman–Crippen LogP) is 0.872. The van der Waals surface area contributed by atoms with E-state index < -0.39 is 9.84 Å². The number of nitrogens with two attached hydrogens (primary N) is 1. The Hall–Kier alpha value is -0.130. The van der Waals surface area contributed by atoms with Gasteiger partial charge in [0.2, 0.25) is 0 Å². The topological polar surface area (TPSA) is 63.4 Å². The molecule has 0 rings (SSSR count). The predicted molar refractivity (Wildman–Crippen MR) is 69.3 cm³/mol. The molecule has 5 heteroatoms. The summed E-state index contributed by atoms with van der Waals surface area (Å²) < 4.78 is 23.1. The molecule has 0 aliphatic rings. The Morgan fingerprint density at radius 1 is 1.00 bits per heavy atom. The third-order valence-electron chi connectivity index (χ3n) is 2.51. The van der Waals surface area contributed by atoms with E-state index in [1.165, 1.54) is 0 Å². The van der Waals surface area contributed by atoms with Gasteiger partial charge >= 0.3 is 0 Å². The molecule has 0 aromatic heterocycles. The fraction of sp³-hybridized carbons (Fsp3) is 1.00. The van der Waals surface area contributed by atoms with E-state index in [2.05, 4.69) is 11.8 Å². The maximum Gasteiger partial charge on any atom is 0.151 e. The van der Waals surface area contributed by atoms with E-state index in [0.29, 0.717) is 25.3 Å². The molecule has 0 aliphatic carbocycles. The van der Waals surface area contributed by atoms with E-state index in [4.69, 9.17) is 5.73 Å². The van der Waals surface area contributed by atoms with Crippen LogP contribution in [0.2, 0.25) is 0 Å². The number of unbranched alkanes of at least 4 members (excludes halogenated alkanes) is 1. The highest BCUT2D eigenvalue weighted by atomic mass is 32.2. The standard InChI is InChI=1S/C11H26N2O2S/c1-3-5-7-13(8-6-12)9-11-16(14,15)10-4-2/h3-12H2,1-2H3. The highest BCUT2D eigenvalue weighted by Gasteiger charge is 2.12. The summed E-state index contributed by atoms with van der Waals surface area (Å²) in [6.07, 6.45) is 2.94. The second kappa shape index (κ2) is 8.96. The van der Waals surface area contributed by atoms with E-state index in [9.17, 15) is 8.42 Å². The molecule has 2 N–H and O–H groups in total. The summed E-state index contributed by atoms with van der Waals surface area (Å²) in [5.41, 5.74) is 5.51. The molecule has 4 nitrogen and oxygen atoms in total. The molecule has 0 saturated heterocycles. The van der Waals surface area contributed by atoms with Gasteiger partial charge in [0.15, 0.2) is 9.84 Å². The van der Waals surface area contributed by atoms with Crippen LogP contribution in [0.25, 0.3) is 0 Å². The summed E-state index contributed by atoms with van der Waals surface area (Å²) in [6.45, 7) is 6.99. The largest absolute Gasteiger partial charge is 0.329 e. The Morgan fingerprint density at radius 3 is 2.19 bits per heavy atom. The van der Waals surface area contributed by atoms with Crippen LogP contribution in [0.5, 0.6) is 0 Å². The van der Waals surface area contributed by atoms with E-state index in [-0.39, 0.29) is 5.75 Å². The molecule has 16 heavy (non-hydrogen) atoms. The average molecular weight is 250 g/mol. The summed E-state index contributed by atoms with van der Waals surface area (Å²) in [5.74, 6) is 0.571. The quantitative estimate of drug-likeness (QED) is 0.625. The van der Waals surface area contributed by atoms with Crippen LogP contribution in [0.3, 0.4) is 0 Å². The maximum absolute atomic E-state index is 11.6. The lowest BCUT2D eigenvalue weighted by Gasteiger charge is -2.20. The number of hydrogen-bond acceptors (Lipinski definition) is 4. The van der Waals surface area contributed by atoms with Crippen LogP contribution in [-0.2, 0) is 9.84 Å². The zero-order valence-corrected chi connectivity index (χ0v) is 11.4. The Balaban J connectivity index is 3.99. The first-order valence-corrected chi connectivity index (χ1v) is 8.00. The fourth-order valence-electron chi connectivity index (χ4n) is 1.58. The van der Waals surface area contributed by atoms with Crippen LogP contribution in [-0.4, -0.2) is 51.0 Å². The first-order valence-electron chi connectivity index (χ1n) is 6.18. The smallest absolute Gasteiger partial charge is 0.151 e. The van der Waals surface area contributed by atoms with E-state index in [0.717, 1.165) is 25.9 Å². The van der Waals surface area contributed by atoms with Gasteiger partial charge in [-0.15, -0.1) is 0 Å². The summed E-state index contributed by atoms with van der Waals surface area (Å²) in [4.78, 5) is 2.15. The number of rotatable bonds is 10. The van der Waals surface area contributed by atoms with Gasteiger partial charge in [0.05, 0.1) is 5.75 Å². The van der Waals surface area contributed by atoms with Crippen molar-refractivity contribution in [3.05, 3.63) is 0 Å². The lowest BCUT2D eigenvalue weighted by atomic mass is 10.3. The molecule has 0 radical (unpaired) electrons. The lowest BCUT2D eigenvalue weighted by Crippen LogP contribution is -2.34. The van der Waals surface area contributed by atoms with Crippen LogP contribution in [0, 0.1) is 0 Å². The molecule has 0 spiro atoms. The Labute approximate surface area is 100 Å². The molecular weight excluding hydrogens is 224 g/mol. The van der Waals surface area contributed by atoms with E-state index in [1.807, 2.05) is 6.92 Å². The minimum atomic E-state index is -2.85. The second-order valence-electron chi connectivity index (χ2n) is 4.14. The number of nitrogens with zero attached hydrogens (tertiary/aromatic N) is 1. The van der Waals surface area contributed by atoms with Crippen molar-refractivity contribution in [1.82, 2.24) is 4.90 Å². The minimum Gasteiger partial charge on any atom is -0.329 e. The van der Waals surface area contributed by atoms with Crippen LogP contribution in [0.15, 0.2) is 0 Å². The molecule has 0 saturated carbocycles. The molecule has 0 bridgehead atoms. The molecule has 0 aliphatic heterocycles. The van der Waals surface area contributed by atoms with Gasteiger partial charge in [0.1, 0.15) is 0 Å². The van der Waals surface area contributed by atoms with Crippen LogP contribution < -0.4 is 5.73 Å². The molecule has 0 unspecified atom stereocenters. The third kappa shape index (κ3) is 8.07. The first kappa shape index (κ1) is 15.9. The van der Waals surface area contributed by atoms with Gasteiger partial charge in [-0.25, -0.2) is 8.42 Å². The van der Waals surface area contributed by atoms with Gasteiger partial charge in [-0.2, -0.15) is 0 Å². The minimum absolute atomic E-state index is 0.268. The summed E-state index contributed by atoms with van der Waals surface area (Å²) in [7, 11) is -2.85. The van der Waals surface area contributed by atoms with Crippen molar-refractivity contribution in [3.8, 4) is 0 Å². The van der Waals surface area contributed by atoms with Crippen molar-refractivity contribution >= 4 is 9.84 Å². The Bertz CT molecular complexity index is 253. The fourth-order valence-corrected chi connectivity index (χ4v) is 2.94. The normalized spacial score (nSPS) is 12.2. The van der Waals surface area contributed by atoms with Gasteiger partial charge < -0.3 is 10.6 Å². The first-order chi connectivity index (χ1) is 7.55. The summed E-state index contributed by atoms with van der Waals surface area (Å²) >= 11 is 0. The maximum atomic E-state index is 11.6. The highest BCUT2D eigenvalue weighted by Crippen LogP contribution is 1.99. The molecule has 0 amide bonds. The second-order valence-corrected chi connectivity index (χ2v) is 6.44. The third-order valence-corrected chi connectivity index (χ3v) is 4.34. The van der Waals surface area contributed by atoms with Gasteiger partial charge in [-0.05, 0) is 19.4 Å². The van der Waals surface area contributed by atoms with Gasteiger partial charge in [-0.1, -0.05) is 20.3 Å². The number of sulfone groups is 1. The van der Waals surface area contributed by atoms with Crippen molar-refractivity contribution in [2.75, 3.05) is 37.7 Å². The van der Waals surface area contributed by atoms with Crippen molar-refractivity contribution in [1.29, 1.82) is 0 Å². The molecule has 98 valence electrons. The van der Waals surface area contributed by atoms with Crippen LogP contribution >= 0.6 is 0 Å². The van der Waals surface area contributed by atoms with E-state index in [1.54, 1.807) is 0 Å². The average Bonchev–Trinajstić information content (AvgIpc) is 2.22. The molecule has 0 aromatic rings.